The van der Waals surface area contributed by atoms with Crippen LogP contribution in [0.2, 0.25) is 0 Å². The number of pyridine rings is 1. The summed E-state index contributed by atoms with van der Waals surface area (Å²) in [5.74, 6) is -3.57. The SMILES string of the molecule is CC(=O)Nc1cc(Nc2cc(C)nc(C(C)(F)F)n2)c(-c2nncs2)cn1. The van der Waals surface area contributed by atoms with Crippen LogP contribution in [0.4, 0.5) is 26.1 Å². The average Bonchev–Trinajstić information content (AvgIpc) is 3.07. The number of alkyl halides is 2. The Morgan fingerprint density at radius 1 is 1.22 bits per heavy atom. The molecule has 27 heavy (non-hydrogen) atoms. The smallest absolute Gasteiger partial charge is 0.303 e. The first-order valence-corrected chi connectivity index (χ1v) is 8.65. The largest absolute Gasteiger partial charge is 0.339 e. The van der Waals surface area contributed by atoms with Gasteiger partial charge in [-0.3, -0.25) is 4.79 Å². The van der Waals surface area contributed by atoms with Crippen molar-refractivity contribution in [2.75, 3.05) is 10.6 Å². The molecule has 0 aliphatic rings. The maximum absolute atomic E-state index is 13.6. The van der Waals surface area contributed by atoms with E-state index in [2.05, 4.69) is 35.8 Å². The summed E-state index contributed by atoms with van der Waals surface area (Å²) in [7, 11) is 0. The average molecular weight is 391 g/mol. The highest BCUT2D eigenvalue weighted by Gasteiger charge is 2.29. The van der Waals surface area contributed by atoms with Gasteiger partial charge in [-0.2, -0.15) is 8.78 Å². The summed E-state index contributed by atoms with van der Waals surface area (Å²) in [6.45, 7) is 3.69. The van der Waals surface area contributed by atoms with Crippen molar-refractivity contribution in [3.05, 3.63) is 35.4 Å². The quantitative estimate of drug-likeness (QED) is 0.685. The summed E-state index contributed by atoms with van der Waals surface area (Å²) in [6, 6.07) is 3.11. The lowest BCUT2D eigenvalue weighted by molar-refractivity contribution is -0.114. The fraction of sp³-hybridized carbons (Fsp3) is 0.250. The molecule has 2 N–H and O–H groups in total. The molecule has 0 saturated heterocycles. The van der Waals surface area contributed by atoms with Crippen molar-refractivity contribution in [1.82, 2.24) is 25.1 Å². The fourth-order valence-electron chi connectivity index (χ4n) is 2.24. The van der Waals surface area contributed by atoms with E-state index < -0.39 is 11.7 Å². The van der Waals surface area contributed by atoms with Crippen LogP contribution in [0.1, 0.15) is 25.4 Å². The summed E-state index contributed by atoms with van der Waals surface area (Å²) in [6.07, 6.45) is 1.51. The van der Waals surface area contributed by atoms with E-state index in [0.717, 1.165) is 6.92 Å². The van der Waals surface area contributed by atoms with E-state index in [9.17, 15) is 13.6 Å². The minimum Gasteiger partial charge on any atom is -0.339 e. The van der Waals surface area contributed by atoms with Crippen molar-refractivity contribution >= 4 is 34.6 Å². The Balaban J connectivity index is 2.04. The molecule has 0 spiro atoms. The minimum atomic E-state index is -3.18. The number of nitrogens with one attached hydrogen (secondary N) is 2. The van der Waals surface area contributed by atoms with E-state index in [-0.39, 0.29) is 11.7 Å². The zero-order valence-electron chi connectivity index (χ0n) is 14.6. The number of carbonyl (C=O) groups excluding carboxylic acids is 1. The van der Waals surface area contributed by atoms with Gasteiger partial charge < -0.3 is 10.6 Å². The van der Waals surface area contributed by atoms with Gasteiger partial charge in [0, 0.05) is 37.9 Å². The first-order valence-electron chi connectivity index (χ1n) is 7.77. The van der Waals surface area contributed by atoms with Crippen molar-refractivity contribution < 1.29 is 13.6 Å². The second-order valence-electron chi connectivity index (χ2n) is 5.77. The normalized spacial score (nSPS) is 11.3. The zero-order valence-corrected chi connectivity index (χ0v) is 15.4. The van der Waals surface area contributed by atoms with Crippen LogP contribution in [0.5, 0.6) is 0 Å². The van der Waals surface area contributed by atoms with Crippen LogP contribution in [0.3, 0.4) is 0 Å². The Morgan fingerprint density at radius 2 is 2.00 bits per heavy atom. The fourth-order valence-corrected chi connectivity index (χ4v) is 2.81. The van der Waals surface area contributed by atoms with Crippen molar-refractivity contribution in [2.45, 2.75) is 26.7 Å². The van der Waals surface area contributed by atoms with Crippen molar-refractivity contribution in [2.24, 2.45) is 0 Å². The Kier molecular flexibility index (Phi) is 5.04. The highest BCUT2D eigenvalue weighted by Crippen LogP contribution is 2.33. The molecule has 0 radical (unpaired) electrons. The lowest BCUT2D eigenvalue weighted by atomic mass is 10.2. The predicted molar refractivity (Wildman–Crippen MR) is 97.1 cm³/mol. The molecule has 0 atom stereocenters. The van der Waals surface area contributed by atoms with Gasteiger partial charge in [0.25, 0.3) is 0 Å². The molecule has 8 nitrogen and oxygen atoms in total. The van der Waals surface area contributed by atoms with E-state index in [1.54, 1.807) is 18.5 Å². The monoisotopic (exact) mass is 391 g/mol. The number of halogens is 2. The predicted octanol–water partition coefficient (Wildman–Crippen LogP) is 3.51. The van der Waals surface area contributed by atoms with Gasteiger partial charge in [0.15, 0.2) is 5.01 Å². The molecule has 0 saturated carbocycles. The van der Waals surface area contributed by atoms with Gasteiger partial charge in [0.2, 0.25) is 11.7 Å². The van der Waals surface area contributed by atoms with Crippen molar-refractivity contribution in [3.8, 4) is 10.6 Å². The summed E-state index contributed by atoms with van der Waals surface area (Å²) in [5, 5.41) is 13.9. The number of nitrogens with zero attached hydrogens (tertiary/aromatic N) is 5. The Hall–Kier alpha value is -3.08. The first-order chi connectivity index (χ1) is 12.7. The number of hydrogen-bond donors (Lipinski definition) is 2. The number of carbonyl (C=O) groups is 1. The van der Waals surface area contributed by atoms with Crippen LogP contribution in [0, 0.1) is 6.92 Å². The van der Waals surface area contributed by atoms with Crippen LogP contribution in [0.15, 0.2) is 23.8 Å². The topological polar surface area (TPSA) is 106 Å². The Morgan fingerprint density at radius 3 is 2.63 bits per heavy atom. The van der Waals surface area contributed by atoms with E-state index in [1.165, 1.54) is 30.5 Å². The molecule has 0 fully saturated rings. The second-order valence-corrected chi connectivity index (χ2v) is 6.60. The van der Waals surface area contributed by atoms with Crippen molar-refractivity contribution in [3.63, 3.8) is 0 Å². The van der Waals surface area contributed by atoms with Crippen LogP contribution >= 0.6 is 11.3 Å². The van der Waals surface area contributed by atoms with Gasteiger partial charge in [-0.25, -0.2) is 15.0 Å². The number of rotatable bonds is 5. The molecule has 3 aromatic rings. The van der Waals surface area contributed by atoms with E-state index in [4.69, 9.17) is 0 Å². The second kappa shape index (κ2) is 7.27. The van der Waals surface area contributed by atoms with Gasteiger partial charge in [-0.05, 0) is 6.92 Å². The molecule has 0 aliphatic carbocycles. The number of anilines is 3. The molecule has 3 aromatic heterocycles. The molecule has 0 unspecified atom stereocenters. The van der Waals surface area contributed by atoms with Gasteiger partial charge >= 0.3 is 5.92 Å². The molecule has 3 rings (SSSR count). The summed E-state index contributed by atoms with van der Waals surface area (Å²) < 4.78 is 27.3. The van der Waals surface area contributed by atoms with E-state index >= 15 is 0 Å². The first kappa shape index (κ1) is 18.7. The van der Waals surface area contributed by atoms with Crippen LogP contribution < -0.4 is 10.6 Å². The van der Waals surface area contributed by atoms with Crippen molar-refractivity contribution in [1.29, 1.82) is 0 Å². The zero-order chi connectivity index (χ0) is 19.6. The van der Waals surface area contributed by atoms with E-state index in [0.29, 0.717) is 27.8 Å². The van der Waals surface area contributed by atoms with E-state index in [1.807, 2.05) is 0 Å². The molecule has 11 heteroatoms. The maximum Gasteiger partial charge on any atom is 0.303 e. The number of aromatic nitrogens is 5. The molecular weight excluding hydrogens is 376 g/mol. The van der Waals surface area contributed by atoms with Gasteiger partial charge in [-0.15, -0.1) is 10.2 Å². The third-order valence-electron chi connectivity index (χ3n) is 3.31. The molecule has 1 amide bonds. The highest BCUT2D eigenvalue weighted by atomic mass is 32.1. The number of amides is 1. The summed E-state index contributed by atoms with van der Waals surface area (Å²) >= 11 is 1.29. The Labute approximate surface area is 157 Å². The third kappa shape index (κ3) is 4.56. The van der Waals surface area contributed by atoms with Gasteiger partial charge in [-0.1, -0.05) is 11.3 Å². The summed E-state index contributed by atoms with van der Waals surface area (Å²) in [4.78, 5) is 23.2. The molecule has 0 aromatic carbocycles. The highest BCUT2D eigenvalue weighted by molar-refractivity contribution is 7.12. The molecule has 0 aliphatic heterocycles. The lowest BCUT2D eigenvalue weighted by Gasteiger charge is -2.14. The Bertz CT molecular complexity index is 973. The van der Waals surface area contributed by atoms with Gasteiger partial charge in [0.1, 0.15) is 17.1 Å². The third-order valence-corrected chi connectivity index (χ3v) is 4.03. The van der Waals surface area contributed by atoms with Crippen LogP contribution in [-0.4, -0.2) is 31.1 Å². The minimum absolute atomic E-state index is 0.185. The van der Waals surface area contributed by atoms with Crippen LogP contribution in [0.25, 0.3) is 10.6 Å². The lowest BCUT2D eigenvalue weighted by Crippen LogP contribution is -2.14. The molecule has 140 valence electrons. The molecular formula is C16H15F2N7OS. The molecule has 0 bridgehead atoms. The summed E-state index contributed by atoms with van der Waals surface area (Å²) in [5.41, 5.74) is 3.02. The standard InChI is InChI=1S/C16H15F2N7OS/c1-8-4-13(24-15(21-8)16(3,17)18)23-11-5-12(22-9(2)26)19-6-10(11)14-25-20-7-27-14/h4-7H,1-3H3,(H2,19,21,22,23,24,26). The van der Waals surface area contributed by atoms with Crippen LogP contribution in [-0.2, 0) is 10.7 Å². The van der Waals surface area contributed by atoms with Gasteiger partial charge in [0.05, 0.1) is 11.3 Å². The number of aryl methyl sites for hydroxylation is 1. The number of hydrogen-bond acceptors (Lipinski definition) is 8. The molecule has 3 heterocycles. The maximum atomic E-state index is 13.6.